The van der Waals surface area contributed by atoms with Gasteiger partial charge in [0.2, 0.25) is 5.91 Å². The molecule has 4 rings (SSSR count). The Morgan fingerprint density at radius 2 is 2.28 bits per heavy atom. The van der Waals surface area contributed by atoms with Gasteiger partial charge in [0.1, 0.15) is 35.2 Å². The average Bonchev–Trinajstić information content (AvgIpc) is 3.11. The van der Waals surface area contributed by atoms with Gasteiger partial charge >= 0.3 is 0 Å². The van der Waals surface area contributed by atoms with E-state index in [1.807, 2.05) is 6.07 Å². The van der Waals surface area contributed by atoms with E-state index in [0.717, 1.165) is 12.8 Å². The number of nitriles is 1. The van der Waals surface area contributed by atoms with E-state index in [1.165, 1.54) is 12.3 Å². The second-order valence-electron chi connectivity index (χ2n) is 6.88. The number of nitrogen functional groups attached to an aromatic ring is 1. The summed E-state index contributed by atoms with van der Waals surface area (Å²) in [6.45, 7) is 1.13. The van der Waals surface area contributed by atoms with Crippen molar-refractivity contribution in [3.63, 3.8) is 0 Å². The molecule has 1 saturated heterocycles. The lowest BCUT2D eigenvalue weighted by Crippen LogP contribution is -2.45. The van der Waals surface area contributed by atoms with Gasteiger partial charge in [-0.05, 0) is 25.0 Å². The van der Waals surface area contributed by atoms with Crippen LogP contribution in [0.2, 0.25) is 0 Å². The number of nitrogens with zero attached hydrogens (tertiary/aromatic N) is 6. The quantitative estimate of drug-likeness (QED) is 0.691. The first-order valence-electron chi connectivity index (χ1n) is 9.22. The Morgan fingerprint density at radius 1 is 1.41 bits per heavy atom. The number of rotatable bonds is 4. The Hall–Kier alpha value is -3.74. The summed E-state index contributed by atoms with van der Waals surface area (Å²) < 4.78 is 15.2. The molecule has 148 valence electrons. The maximum Gasteiger partial charge on any atom is 0.236 e. The molecular weight excluding hydrogens is 375 g/mol. The van der Waals surface area contributed by atoms with Crippen molar-refractivity contribution in [3.8, 4) is 17.6 Å². The first kappa shape index (κ1) is 18.6. The number of aromatic nitrogens is 4. The number of halogens is 1. The number of likely N-dealkylation sites (tertiary alicyclic amines) is 1. The van der Waals surface area contributed by atoms with Crippen molar-refractivity contribution >= 4 is 23.2 Å². The lowest BCUT2D eigenvalue weighted by molar-refractivity contribution is -0.131. The summed E-state index contributed by atoms with van der Waals surface area (Å²) in [6, 6.07) is 6.39. The molecule has 0 bridgehead atoms. The zero-order chi connectivity index (χ0) is 20.4. The second-order valence-corrected chi connectivity index (χ2v) is 6.88. The zero-order valence-electron chi connectivity index (χ0n) is 15.5. The SMILES string of the molecule is N#CCC(=O)N1CCCC(Nc2cc(N)nc(-c3cnc4ccc(F)cn34)n2)C1. The van der Waals surface area contributed by atoms with Crippen LogP contribution < -0.4 is 11.1 Å². The number of imidazole rings is 1. The molecule has 1 unspecified atom stereocenters. The topological polar surface area (TPSA) is 125 Å². The number of hydrogen-bond donors (Lipinski definition) is 2. The highest BCUT2D eigenvalue weighted by Crippen LogP contribution is 2.22. The van der Waals surface area contributed by atoms with Crippen LogP contribution in [0.15, 0.2) is 30.6 Å². The predicted molar refractivity (Wildman–Crippen MR) is 104 cm³/mol. The summed E-state index contributed by atoms with van der Waals surface area (Å²) >= 11 is 0. The third-order valence-corrected chi connectivity index (χ3v) is 4.80. The van der Waals surface area contributed by atoms with Crippen molar-refractivity contribution in [2.45, 2.75) is 25.3 Å². The zero-order valence-corrected chi connectivity index (χ0v) is 15.5. The van der Waals surface area contributed by atoms with Crippen molar-refractivity contribution in [1.29, 1.82) is 5.26 Å². The van der Waals surface area contributed by atoms with Crippen LogP contribution in [0.5, 0.6) is 0 Å². The molecule has 0 aliphatic carbocycles. The van der Waals surface area contributed by atoms with Crippen molar-refractivity contribution in [2.24, 2.45) is 0 Å². The van der Waals surface area contributed by atoms with E-state index in [1.54, 1.807) is 27.6 Å². The molecule has 3 aromatic heterocycles. The van der Waals surface area contributed by atoms with Gasteiger partial charge in [-0.15, -0.1) is 0 Å². The molecule has 3 N–H and O–H groups in total. The summed E-state index contributed by atoms with van der Waals surface area (Å²) in [5.41, 5.74) is 7.05. The van der Waals surface area contributed by atoms with E-state index in [4.69, 9.17) is 11.0 Å². The van der Waals surface area contributed by atoms with Crippen LogP contribution in [-0.2, 0) is 4.79 Å². The molecule has 0 aromatic carbocycles. The molecule has 1 amide bonds. The Labute approximate surface area is 166 Å². The Kier molecular flexibility index (Phi) is 4.95. The summed E-state index contributed by atoms with van der Waals surface area (Å²) in [4.78, 5) is 26.7. The van der Waals surface area contributed by atoms with Gasteiger partial charge in [0, 0.05) is 31.4 Å². The predicted octanol–water partition coefficient (Wildman–Crippen LogP) is 1.83. The molecule has 9 nitrogen and oxygen atoms in total. The number of carbonyl (C=O) groups excluding carboxylic acids is 1. The Bertz CT molecular complexity index is 1110. The van der Waals surface area contributed by atoms with E-state index < -0.39 is 5.82 Å². The highest BCUT2D eigenvalue weighted by molar-refractivity contribution is 5.78. The van der Waals surface area contributed by atoms with Crippen LogP contribution >= 0.6 is 0 Å². The van der Waals surface area contributed by atoms with E-state index in [9.17, 15) is 9.18 Å². The average molecular weight is 394 g/mol. The fraction of sp³-hybridized carbons (Fsp3) is 0.316. The van der Waals surface area contributed by atoms with Gasteiger partial charge in [-0.25, -0.2) is 19.3 Å². The lowest BCUT2D eigenvalue weighted by Gasteiger charge is -2.33. The largest absolute Gasteiger partial charge is 0.384 e. The van der Waals surface area contributed by atoms with E-state index in [2.05, 4.69) is 20.3 Å². The lowest BCUT2D eigenvalue weighted by atomic mass is 10.1. The monoisotopic (exact) mass is 394 g/mol. The summed E-state index contributed by atoms with van der Waals surface area (Å²) in [5, 5.41) is 12.0. The number of fused-ring (bicyclic) bond motifs is 1. The molecule has 0 saturated carbocycles. The van der Waals surface area contributed by atoms with Crippen molar-refractivity contribution in [1.82, 2.24) is 24.3 Å². The fourth-order valence-corrected chi connectivity index (χ4v) is 3.48. The molecular formula is C19H19FN8O. The van der Waals surface area contributed by atoms with Crippen LogP contribution in [0.4, 0.5) is 16.0 Å². The number of hydrogen-bond acceptors (Lipinski definition) is 7. The summed E-state index contributed by atoms with van der Waals surface area (Å²) in [5.74, 6) is 0.521. The van der Waals surface area contributed by atoms with Gasteiger partial charge in [0.25, 0.3) is 0 Å². The summed E-state index contributed by atoms with van der Waals surface area (Å²) in [6.07, 6.45) is 4.45. The summed E-state index contributed by atoms with van der Waals surface area (Å²) in [7, 11) is 0. The highest BCUT2D eigenvalue weighted by Gasteiger charge is 2.24. The van der Waals surface area contributed by atoms with Gasteiger partial charge in [0.05, 0.1) is 12.3 Å². The number of amides is 1. The first-order chi connectivity index (χ1) is 14.0. The Morgan fingerprint density at radius 3 is 3.10 bits per heavy atom. The van der Waals surface area contributed by atoms with Gasteiger partial charge in [0.15, 0.2) is 5.82 Å². The first-order valence-corrected chi connectivity index (χ1v) is 9.22. The standard InChI is InChI=1S/C19H19FN8O/c20-12-3-4-17-23-9-14(28(17)10-12)19-25-15(22)8-16(26-19)24-13-2-1-7-27(11-13)18(29)5-6-21/h3-4,8-10,13H,1-2,5,7,11H2,(H3,22,24,25,26). The van der Waals surface area contributed by atoms with E-state index in [-0.39, 0.29) is 24.2 Å². The minimum Gasteiger partial charge on any atom is -0.384 e. The fourth-order valence-electron chi connectivity index (χ4n) is 3.48. The third kappa shape index (κ3) is 3.94. The molecule has 29 heavy (non-hydrogen) atoms. The van der Waals surface area contributed by atoms with Gasteiger partial charge < -0.3 is 16.0 Å². The van der Waals surface area contributed by atoms with Crippen LogP contribution in [0.1, 0.15) is 19.3 Å². The number of pyridine rings is 1. The molecule has 3 aromatic rings. The number of carbonyl (C=O) groups is 1. The van der Waals surface area contributed by atoms with E-state index >= 15 is 0 Å². The minimum atomic E-state index is -0.400. The molecule has 4 heterocycles. The molecule has 10 heteroatoms. The number of piperidine rings is 1. The Balaban J connectivity index is 1.58. The van der Waals surface area contributed by atoms with Crippen LogP contribution in [0, 0.1) is 17.1 Å². The van der Waals surface area contributed by atoms with E-state index in [0.29, 0.717) is 36.1 Å². The molecule has 1 aliphatic heterocycles. The molecule has 1 atom stereocenters. The van der Waals surface area contributed by atoms with Crippen molar-refractivity contribution in [2.75, 3.05) is 24.1 Å². The molecule has 0 spiro atoms. The normalized spacial score (nSPS) is 16.6. The molecule has 0 radical (unpaired) electrons. The maximum atomic E-state index is 13.7. The van der Waals surface area contributed by atoms with Gasteiger partial charge in [-0.1, -0.05) is 0 Å². The van der Waals surface area contributed by atoms with Crippen molar-refractivity contribution in [3.05, 3.63) is 36.4 Å². The van der Waals surface area contributed by atoms with Gasteiger partial charge in [-0.2, -0.15) is 5.26 Å². The minimum absolute atomic E-state index is 0.0202. The van der Waals surface area contributed by atoms with Gasteiger partial charge in [-0.3, -0.25) is 9.20 Å². The number of nitrogens with one attached hydrogen (secondary N) is 1. The van der Waals surface area contributed by atoms with Crippen LogP contribution in [-0.4, -0.2) is 49.3 Å². The van der Waals surface area contributed by atoms with Crippen LogP contribution in [0.25, 0.3) is 17.2 Å². The van der Waals surface area contributed by atoms with Crippen LogP contribution in [0.3, 0.4) is 0 Å². The van der Waals surface area contributed by atoms with Crippen molar-refractivity contribution < 1.29 is 9.18 Å². The molecule has 1 aliphatic rings. The second kappa shape index (κ2) is 7.71. The maximum absolute atomic E-state index is 13.7. The highest BCUT2D eigenvalue weighted by atomic mass is 19.1. The molecule has 1 fully saturated rings. The smallest absolute Gasteiger partial charge is 0.236 e. The number of nitrogens with two attached hydrogens (primary N) is 1. The third-order valence-electron chi connectivity index (χ3n) is 4.80. The number of anilines is 2.